The maximum absolute atomic E-state index is 11.9. The van der Waals surface area contributed by atoms with Crippen LogP contribution < -0.4 is 15.5 Å². The minimum atomic E-state index is -0.221. The first-order chi connectivity index (χ1) is 13.2. The van der Waals surface area contributed by atoms with Crippen LogP contribution in [0.3, 0.4) is 0 Å². The van der Waals surface area contributed by atoms with Crippen molar-refractivity contribution in [1.82, 2.24) is 5.43 Å². The zero-order chi connectivity index (χ0) is 18.9. The van der Waals surface area contributed by atoms with E-state index in [1.54, 1.807) is 6.21 Å². The highest BCUT2D eigenvalue weighted by molar-refractivity contribution is 14.1. The van der Waals surface area contributed by atoms with Crippen LogP contribution >= 0.6 is 22.6 Å². The summed E-state index contributed by atoms with van der Waals surface area (Å²) >= 11 is 2.24. The fourth-order valence-corrected chi connectivity index (χ4v) is 2.61. The molecule has 0 saturated heterocycles. The summed E-state index contributed by atoms with van der Waals surface area (Å²) in [6.07, 6.45) is 1.58. The first-order valence-corrected chi connectivity index (χ1v) is 9.41. The largest absolute Gasteiger partial charge is 0.457 e. The summed E-state index contributed by atoms with van der Waals surface area (Å²) in [6.45, 7) is 0.148. The van der Waals surface area contributed by atoms with Crippen LogP contribution in [0.1, 0.15) is 5.56 Å². The number of halogens is 1. The number of hydrazone groups is 1. The molecule has 3 rings (SSSR count). The zero-order valence-corrected chi connectivity index (χ0v) is 16.6. The normalized spacial score (nSPS) is 10.6. The van der Waals surface area contributed by atoms with Crippen molar-refractivity contribution in [3.8, 4) is 11.5 Å². The van der Waals surface area contributed by atoms with Crippen molar-refractivity contribution in [2.24, 2.45) is 5.10 Å². The molecule has 3 aromatic rings. The minimum Gasteiger partial charge on any atom is -0.457 e. The molecule has 5 nitrogen and oxygen atoms in total. The van der Waals surface area contributed by atoms with Crippen LogP contribution in [0.4, 0.5) is 5.69 Å². The Hall–Kier alpha value is -2.87. The van der Waals surface area contributed by atoms with Crippen LogP contribution in [0.2, 0.25) is 0 Å². The molecule has 136 valence electrons. The Bertz CT molecular complexity index is 912. The minimum absolute atomic E-state index is 0.148. The molecular weight excluding hydrogens is 453 g/mol. The lowest BCUT2D eigenvalue weighted by Crippen LogP contribution is -2.25. The molecule has 0 heterocycles. The highest BCUT2D eigenvalue weighted by atomic mass is 127. The fourth-order valence-electron chi connectivity index (χ4n) is 2.25. The number of nitrogens with zero attached hydrogens (tertiary/aromatic N) is 1. The lowest BCUT2D eigenvalue weighted by molar-refractivity contribution is -0.119. The van der Waals surface area contributed by atoms with Gasteiger partial charge < -0.3 is 10.1 Å². The highest BCUT2D eigenvalue weighted by Crippen LogP contribution is 2.21. The van der Waals surface area contributed by atoms with Gasteiger partial charge in [-0.1, -0.05) is 30.3 Å². The molecule has 6 heteroatoms. The Morgan fingerprint density at radius 2 is 1.70 bits per heavy atom. The molecule has 2 N–H and O–H groups in total. The van der Waals surface area contributed by atoms with Gasteiger partial charge in [-0.3, -0.25) is 4.79 Å². The monoisotopic (exact) mass is 471 g/mol. The van der Waals surface area contributed by atoms with Crippen molar-refractivity contribution in [3.63, 3.8) is 0 Å². The van der Waals surface area contributed by atoms with Gasteiger partial charge in [0.25, 0.3) is 5.91 Å². The Morgan fingerprint density at radius 1 is 0.963 bits per heavy atom. The molecule has 3 aromatic carbocycles. The van der Waals surface area contributed by atoms with E-state index >= 15 is 0 Å². The molecule has 0 aromatic heterocycles. The summed E-state index contributed by atoms with van der Waals surface area (Å²) in [5.74, 6) is 1.25. The molecular formula is C21H18IN3O2. The second-order valence-corrected chi connectivity index (χ2v) is 6.89. The maximum Gasteiger partial charge on any atom is 0.259 e. The number of amides is 1. The molecule has 27 heavy (non-hydrogen) atoms. The van der Waals surface area contributed by atoms with Crippen molar-refractivity contribution in [2.45, 2.75) is 0 Å². The third-order valence-electron chi connectivity index (χ3n) is 3.54. The Kier molecular flexibility index (Phi) is 6.81. The van der Waals surface area contributed by atoms with Gasteiger partial charge in [0.05, 0.1) is 12.8 Å². The number of para-hydroxylation sites is 1. The average Bonchev–Trinajstić information content (AvgIpc) is 2.69. The third kappa shape index (κ3) is 6.41. The molecule has 0 aliphatic heterocycles. The number of anilines is 1. The van der Waals surface area contributed by atoms with Crippen LogP contribution in [-0.2, 0) is 4.79 Å². The van der Waals surface area contributed by atoms with Crippen LogP contribution in [0.25, 0.3) is 0 Å². The number of nitrogens with one attached hydrogen (secondary N) is 2. The number of hydrogen-bond donors (Lipinski definition) is 2. The molecule has 0 aliphatic carbocycles. The van der Waals surface area contributed by atoms with E-state index in [1.807, 2.05) is 78.9 Å². The van der Waals surface area contributed by atoms with Gasteiger partial charge in [-0.05, 0) is 76.7 Å². The van der Waals surface area contributed by atoms with E-state index in [0.717, 1.165) is 20.6 Å². The van der Waals surface area contributed by atoms with Crippen molar-refractivity contribution >= 4 is 40.4 Å². The SMILES string of the molecule is O=C(CNc1ccc(I)cc1)N/N=C\c1cccc(Oc2ccccc2)c1. The van der Waals surface area contributed by atoms with E-state index in [1.165, 1.54) is 0 Å². The smallest absolute Gasteiger partial charge is 0.259 e. The molecule has 0 atom stereocenters. The van der Waals surface area contributed by atoms with Crippen molar-refractivity contribution < 1.29 is 9.53 Å². The summed E-state index contributed by atoms with van der Waals surface area (Å²) in [5.41, 5.74) is 4.22. The van der Waals surface area contributed by atoms with Crippen molar-refractivity contribution in [2.75, 3.05) is 11.9 Å². The lowest BCUT2D eigenvalue weighted by Gasteiger charge is -2.06. The summed E-state index contributed by atoms with van der Waals surface area (Å²) in [4.78, 5) is 11.9. The number of hydrogen-bond acceptors (Lipinski definition) is 4. The quantitative estimate of drug-likeness (QED) is 0.300. The molecule has 0 aliphatic rings. The molecule has 1 amide bonds. The summed E-state index contributed by atoms with van der Waals surface area (Å²) in [7, 11) is 0. The van der Waals surface area contributed by atoms with Gasteiger partial charge in [-0.2, -0.15) is 5.10 Å². The fraction of sp³-hybridized carbons (Fsp3) is 0.0476. The molecule has 0 unspecified atom stereocenters. The van der Waals surface area contributed by atoms with Gasteiger partial charge in [0.2, 0.25) is 0 Å². The van der Waals surface area contributed by atoms with E-state index < -0.39 is 0 Å². The van der Waals surface area contributed by atoms with Crippen molar-refractivity contribution in [1.29, 1.82) is 0 Å². The highest BCUT2D eigenvalue weighted by Gasteiger charge is 2.00. The van der Waals surface area contributed by atoms with Gasteiger partial charge in [-0.15, -0.1) is 0 Å². The topological polar surface area (TPSA) is 62.7 Å². The van der Waals surface area contributed by atoms with E-state index in [2.05, 4.69) is 38.4 Å². The van der Waals surface area contributed by atoms with Crippen LogP contribution in [-0.4, -0.2) is 18.7 Å². The molecule has 0 radical (unpaired) electrons. The summed E-state index contributed by atoms with van der Waals surface area (Å²) < 4.78 is 6.93. The van der Waals surface area contributed by atoms with Gasteiger partial charge >= 0.3 is 0 Å². The van der Waals surface area contributed by atoms with E-state index in [4.69, 9.17) is 4.74 Å². The first-order valence-electron chi connectivity index (χ1n) is 8.33. The third-order valence-corrected chi connectivity index (χ3v) is 4.26. The standard InChI is InChI=1S/C21H18IN3O2/c22-17-9-11-18(12-10-17)23-15-21(26)25-24-14-16-5-4-8-20(13-16)27-19-6-2-1-3-7-19/h1-14,23H,15H2,(H,25,26)/b24-14-. The van der Waals surface area contributed by atoms with Crippen LogP contribution in [0.15, 0.2) is 84.0 Å². The zero-order valence-electron chi connectivity index (χ0n) is 14.4. The average molecular weight is 471 g/mol. The predicted molar refractivity (Wildman–Crippen MR) is 116 cm³/mol. The number of rotatable bonds is 7. The first kappa shape index (κ1) is 18.9. The molecule has 0 spiro atoms. The Balaban J connectivity index is 1.49. The van der Waals surface area contributed by atoms with Crippen LogP contribution in [0, 0.1) is 3.57 Å². The van der Waals surface area contributed by atoms with Gasteiger partial charge in [-0.25, -0.2) is 5.43 Å². The number of benzene rings is 3. The van der Waals surface area contributed by atoms with Crippen molar-refractivity contribution in [3.05, 3.63) is 88.0 Å². The predicted octanol–water partition coefficient (Wildman–Crippen LogP) is 4.65. The van der Waals surface area contributed by atoms with E-state index in [9.17, 15) is 4.79 Å². The molecule has 0 bridgehead atoms. The molecule has 0 saturated carbocycles. The van der Waals surface area contributed by atoms with E-state index in [-0.39, 0.29) is 12.5 Å². The Morgan fingerprint density at radius 3 is 2.48 bits per heavy atom. The summed E-state index contributed by atoms with van der Waals surface area (Å²) in [5, 5.41) is 7.04. The second kappa shape index (κ2) is 9.72. The molecule has 0 fully saturated rings. The maximum atomic E-state index is 11.9. The van der Waals surface area contributed by atoms with E-state index in [0.29, 0.717) is 5.75 Å². The summed E-state index contributed by atoms with van der Waals surface area (Å²) in [6, 6.07) is 24.8. The Labute approximate surface area is 171 Å². The van der Waals surface area contributed by atoms with Gasteiger partial charge in [0, 0.05) is 9.26 Å². The lowest BCUT2D eigenvalue weighted by atomic mass is 10.2. The van der Waals surface area contributed by atoms with Crippen LogP contribution in [0.5, 0.6) is 11.5 Å². The second-order valence-electron chi connectivity index (χ2n) is 5.64. The van der Waals surface area contributed by atoms with Gasteiger partial charge in [0.1, 0.15) is 11.5 Å². The number of carbonyl (C=O) groups excluding carboxylic acids is 1. The number of carbonyl (C=O) groups is 1. The van der Waals surface area contributed by atoms with Gasteiger partial charge in [0.15, 0.2) is 0 Å². The number of ether oxygens (including phenoxy) is 1.